The minimum absolute atomic E-state index is 0.0458. The average molecular weight is 315 g/mol. The quantitative estimate of drug-likeness (QED) is 0.646. The Morgan fingerprint density at radius 3 is 2.67 bits per heavy atom. The van der Waals surface area contributed by atoms with Gasteiger partial charge in [0.25, 0.3) is 0 Å². The van der Waals surface area contributed by atoms with Crippen LogP contribution in [0.15, 0.2) is 18.2 Å². The Balaban J connectivity index is 2.15. The van der Waals surface area contributed by atoms with Gasteiger partial charge in [-0.3, -0.25) is 11.3 Å². The fourth-order valence-corrected chi connectivity index (χ4v) is 3.36. The van der Waals surface area contributed by atoms with Gasteiger partial charge in [0.1, 0.15) is 5.82 Å². The molecule has 1 unspecified atom stereocenters. The first-order chi connectivity index (χ1) is 10.0. The van der Waals surface area contributed by atoms with Gasteiger partial charge in [0.05, 0.1) is 16.7 Å². The smallest absolute Gasteiger partial charge is 0.142 e. The van der Waals surface area contributed by atoms with Crippen molar-refractivity contribution < 1.29 is 9.13 Å². The third kappa shape index (κ3) is 3.75. The van der Waals surface area contributed by atoms with Crippen LogP contribution in [0.25, 0.3) is 0 Å². The Morgan fingerprint density at radius 1 is 1.48 bits per heavy atom. The number of ether oxygens (including phenoxy) is 1. The van der Waals surface area contributed by atoms with Crippen LogP contribution in [-0.2, 0) is 11.2 Å². The summed E-state index contributed by atoms with van der Waals surface area (Å²) in [4.78, 5) is 0. The first-order valence-electron chi connectivity index (χ1n) is 7.46. The van der Waals surface area contributed by atoms with Gasteiger partial charge in [-0.1, -0.05) is 24.6 Å². The molecule has 2 rings (SSSR count). The Labute approximate surface area is 131 Å². The van der Waals surface area contributed by atoms with Gasteiger partial charge in [-0.15, -0.1) is 0 Å². The van der Waals surface area contributed by atoms with Gasteiger partial charge in [-0.05, 0) is 55.7 Å². The summed E-state index contributed by atoms with van der Waals surface area (Å²) in [5, 5.41) is 0.143. The Morgan fingerprint density at radius 2 is 2.14 bits per heavy atom. The summed E-state index contributed by atoms with van der Waals surface area (Å²) in [7, 11) is 1.74. The predicted molar refractivity (Wildman–Crippen MR) is 83.6 cm³/mol. The summed E-state index contributed by atoms with van der Waals surface area (Å²) in [5.74, 6) is 6.09. The van der Waals surface area contributed by atoms with Crippen molar-refractivity contribution in [2.24, 2.45) is 11.8 Å². The van der Waals surface area contributed by atoms with Crippen LogP contribution >= 0.6 is 11.6 Å². The maximum absolute atomic E-state index is 13.6. The SMILES string of the molecule is COC1(C(Cc2ccc(Cl)c(F)c2)NN)CCC(C)CC1. The van der Waals surface area contributed by atoms with E-state index in [1.165, 1.54) is 6.07 Å². The van der Waals surface area contributed by atoms with Crippen molar-refractivity contribution in [3.05, 3.63) is 34.6 Å². The van der Waals surface area contributed by atoms with Gasteiger partial charge in [0, 0.05) is 7.11 Å². The molecule has 0 bridgehead atoms. The summed E-state index contributed by atoms with van der Waals surface area (Å²) < 4.78 is 19.4. The lowest BCUT2D eigenvalue weighted by Gasteiger charge is -2.43. The normalized spacial score (nSPS) is 27.6. The summed E-state index contributed by atoms with van der Waals surface area (Å²) >= 11 is 5.73. The highest BCUT2D eigenvalue weighted by Crippen LogP contribution is 2.37. The van der Waals surface area contributed by atoms with Crippen LogP contribution in [0.3, 0.4) is 0 Å². The molecule has 1 saturated carbocycles. The van der Waals surface area contributed by atoms with Crippen molar-refractivity contribution in [3.8, 4) is 0 Å². The van der Waals surface area contributed by atoms with Crippen molar-refractivity contribution in [2.45, 2.75) is 50.7 Å². The van der Waals surface area contributed by atoms with Crippen molar-refractivity contribution in [1.82, 2.24) is 5.43 Å². The van der Waals surface area contributed by atoms with Crippen LogP contribution in [0.4, 0.5) is 4.39 Å². The summed E-state index contributed by atoms with van der Waals surface area (Å²) in [6.45, 7) is 2.26. The largest absolute Gasteiger partial charge is 0.377 e. The first kappa shape index (κ1) is 16.7. The fraction of sp³-hybridized carbons (Fsp3) is 0.625. The second-order valence-electron chi connectivity index (χ2n) is 6.12. The zero-order valence-corrected chi connectivity index (χ0v) is 13.4. The van der Waals surface area contributed by atoms with E-state index in [4.69, 9.17) is 22.2 Å². The van der Waals surface area contributed by atoms with E-state index >= 15 is 0 Å². The second kappa shape index (κ2) is 7.05. The molecule has 1 aliphatic rings. The van der Waals surface area contributed by atoms with Gasteiger partial charge in [-0.2, -0.15) is 0 Å². The topological polar surface area (TPSA) is 47.3 Å². The highest BCUT2D eigenvalue weighted by molar-refractivity contribution is 6.30. The summed E-state index contributed by atoms with van der Waals surface area (Å²) in [5.41, 5.74) is 3.47. The first-order valence-corrected chi connectivity index (χ1v) is 7.84. The summed E-state index contributed by atoms with van der Waals surface area (Å²) in [6, 6.07) is 4.85. The van der Waals surface area contributed by atoms with Gasteiger partial charge >= 0.3 is 0 Å². The number of halogens is 2. The van der Waals surface area contributed by atoms with Crippen LogP contribution in [-0.4, -0.2) is 18.8 Å². The molecular formula is C16H24ClFN2O. The van der Waals surface area contributed by atoms with E-state index < -0.39 is 5.82 Å². The molecule has 0 saturated heterocycles. The standard InChI is InChI=1S/C16H24ClFN2O/c1-11-5-7-16(21-2,8-6-11)15(20-19)10-12-3-4-13(17)14(18)9-12/h3-4,9,11,15,20H,5-8,10,19H2,1-2H3. The lowest BCUT2D eigenvalue weighted by molar-refractivity contribution is -0.0746. The van der Waals surface area contributed by atoms with Crippen LogP contribution in [0.2, 0.25) is 5.02 Å². The van der Waals surface area contributed by atoms with E-state index in [9.17, 15) is 4.39 Å². The zero-order chi connectivity index (χ0) is 15.5. The van der Waals surface area contributed by atoms with Crippen molar-refractivity contribution >= 4 is 11.6 Å². The molecule has 3 N–H and O–H groups in total. The molecule has 0 aliphatic heterocycles. The van der Waals surface area contributed by atoms with Crippen LogP contribution in [0.1, 0.15) is 38.2 Å². The molecular weight excluding hydrogens is 291 g/mol. The minimum Gasteiger partial charge on any atom is -0.377 e. The second-order valence-corrected chi connectivity index (χ2v) is 6.53. The lowest BCUT2D eigenvalue weighted by Crippen LogP contribution is -2.57. The predicted octanol–water partition coefficient (Wildman–Crippen LogP) is 3.45. The highest BCUT2D eigenvalue weighted by atomic mass is 35.5. The number of benzene rings is 1. The van der Waals surface area contributed by atoms with Crippen molar-refractivity contribution in [2.75, 3.05) is 7.11 Å². The van der Waals surface area contributed by atoms with Crippen molar-refractivity contribution in [1.29, 1.82) is 0 Å². The molecule has 3 nitrogen and oxygen atoms in total. The highest BCUT2D eigenvalue weighted by Gasteiger charge is 2.41. The number of methoxy groups -OCH3 is 1. The molecule has 118 valence electrons. The van der Waals surface area contributed by atoms with E-state index in [2.05, 4.69) is 12.3 Å². The molecule has 0 radical (unpaired) electrons. The molecule has 1 atom stereocenters. The number of hydrazine groups is 1. The average Bonchev–Trinajstić information content (AvgIpc) is 2.50. The van der Waals surface area contributed by atoms with Gasteiger partial charge < -0.3 is 4.74 Å². The molecule has 0 aromatic heterocycles. The van der Waals surface area contributed by atoms with E-state index in [0.717, 1.165) is 37.2 Å². The maximum atomic E-state index is 13.6. The number of rotatable bonds is 5. The van der Waals surface area contributed by atoms with Crippen LogP contribution in [0, 0.1) is 11.7 Å². The summed E-state index contributed by atoms with van der Waals surface area (Å²) in [6.07, 6.45) is 4.81. The Bertz CT molecular complexity index is 475. The molecule has 1 aromatic carbocycles. The molecule has 0 heterocycles. The Kier molecular flexibility index (Phi) is 5.60. The molecule has 0 amide bonds. The molecule has 1 aromatic rings. The maximum Gasteiger partial charge on any atom is 0.142 e. The number of nitrogens with one attached hydrogen (secondary N) is 1. The zero-order valence-electron chi connectivity index (χ0n) is 12.7. The molecule has 1 fully saturated rings. The van der Waals surface area contributed by atoms with E-state index in [-0.39, 0.29) is 16.7 Å². The third-order valence-corrected chi connectivity index (χ3v) is 5.09. The van der Waals surface area contributed by atoms with Gasteiger partial charge in [0.15, 0.2) is 0 Å². The number of nitrogens with two attached hydrogens (primary N) is 1. The van der Waals surface area contributed by atoms with Crippen molar-refractivity contribution in [3.63, 3.8) is 0 Å². The fourth-order valence-electron chi connectivity index (χ4n) is 3.24. The van der Waals surface area contributed by atoms with E-state index in [0.29, 0.717) is 6.42 Å². The van der Waals surface area contributed by atoms with Crippen LogP contribution < -0.4 is 11.3 Å². The monoisotopic (exact) mass is 314 g/mol. The van der Waals surface area contributed by atoms with Gasteiger partial charge in [0.2, 0.25) is 0 Å². The van der Waals surface area contributed by atoms with Gasteiger partial charge in [-0.25, -0.2) is 4.39 Å². The molecule has 1 aliphatic carbocycles. The van der Waals surface area contributed by atoms with E-state index in [1.54, 1.807) is 13.2 Å². The minimum atomic E-state index is -0.395. The third-order valence-electron chi connectivity index (χ3n) is 4.79. The molecule has 0 spiro atoms. The van der Waals surface area contributed by atoms with E-state index in [1.807, 2.05) is 6.07 Å². The molecule has 21 heavy (non-hydrogen) atoms. The number of hydrogen-bond acceptors (Lipinski definition) is 3. The van der Waals surface area contributed by atoms with Crippen LogP contribution in [0.5, 0.6) is 0 Å². The lowest BCUT2D eigenvalue weighted by atomic mass is 9.74. The number of hydrogen-bond donors (Lipinski definition) is 2. The Hall–Kier alpha value is -0.680. The molecule has 5 heteroatoms.